The smallest absolute Gasteiger partial charge is 0.313 e. The molecule has 3 fully saturated rings. The van der Waals surface area contributed by atoms with Gasteiger partial charge in [0.1, 0.15) is 23.2 Å². The average molecular weight is 518 g/mol. The molecule has 5 aliphatic heterocycles. The van der Waals surface area contributed by atoms with Crippen LogP contribution in [0.5, 0.6) is 0 Å². The minimum Gasteiger partial charge on any atom is -0.465 e. The highest BCUT2D eigenvalue weighted by Gasteiger charge is 2.75. The lowest BCUT2D eigenvalue weighted by atomic mass is 9.73. The van der Waals surface area contributed by atoms with Gasteiger partial charge in [0.2, 0.25) is 11.8 Å². The molecule has 1 spiro atoms. The van der Waals surface area contributed by atoms with E-state index in [1.807, 2.05) is 31.2 Å². The van der Waals surface area contributed by atoms with Crippen molar-refractivity contribution in [1.82, 2.24) is 14.7 Å². The zero-order chi connectivity index (χ0) is 26.2. The van der Waals surface area contributed by atoms with Crippen LogP contribution >= 0.6 is 0 Å². The van der Waals surface area contributed by atoms with Crippen LogP contribution in [0, 0.1) is 11.8 Å². The third-order valence-electron chi connectivity index (χ3n) is 8.68. The van der Waals surface area contributed by atoms with Gasteiger partial charge in [-0.05, 0) is 26.2 Å². The first kappa shape index (κ1) is 26.3. The predicted octanol–water partition coefficient (Wildman–Crippen LogP) is 0.352. The van der Waals surface area contributed by atoms with Gasteiger partial charge in [0.25, 0.3) is 0 Å². The van der Waals surface area contributed by atoms with E-state index in [0.717, 1.165) is 19.5 Å². The van der Waals surface area contributed by atoms with Crippen molar-refractivity contribution in [3.8, 4) is 0 Å². The maximum Gasteiger partial charge on any atom is 0.313 e. The summed E-state index contributed by atoms with van der Waals surface area (Å²) in [5, 5.41) is 10.1. The summed E-state index contributed by atoms with van der Waals surface area (Å²) in [7, 11) is 0. The molecule has 204 valence electrons. The van der Waals surface area contributed by atoms with Crippen LogP contribution in [0.4, 0.5) is 0 Å². The fraction of sp³-hybridized carbons (Fsp3) is 0.741. The van der Waals surface area contributed by atoms with Gasteiger partial charge in [0, 0.05) is 32.7 Å². The van der Waals surface area contributed by atoms with E-state index in [0.29, 0.717) is 45.7 Å². The van der Waals surface area contributed by atoms with Crippen molar-refractivity contribution >= 4 is 17.8 Å². The Hall–Kier alpha value is -2.27. The first-order chi connectivity index (χ1) is 17.9. The fourth-order valence-electron chi connectivity index (χ4n) is 6.71. The van der Waals surface area contributed by atoms with Gasteiger partial charge in [-0.2, -0.15) is 0 Å². The minimum absolute atomic E-state index is 0.218. The Morgan fingerprint density at radius 3 is 2.57 bits per heavy atom. The number of carbonyl (C=O) groups is 3. The molecule has 0 bridgehead atoms. The number of hydrogen-bond acceptors (Lipinski definition) is 8. The van der Waals surface area contributed by atoms with Gasteiger partial charge >= 0.3 is 5.97 Å². The molecule has 0 aromatic rings. The Morgan fingerprint density at radius 1 is 1.05 bits per heavy atom. The van der Waals surface area contributed by atoms with Crippen LogP contribution < -0.4 is 0 Å². The standard InChI is InChI=1S/C27H39N3O7/c1-3-26-8-5-4-6-15-36-25(34)21(26)20-23(32)30(19(2)18-31)22-24(33)29(10-7-9-27(20,22)37-26)12-11-28-13-16-35-17-14-28/h5,7-9,19-22,31H,3-4,6,10-18H2,1-2H3/b8-5-/t19-,20+,21+,22?,26-,27+/m1/s1. The number of fused-ring (bicyclic) bond motifs is 2. The van der Waals surface area contributed by atoms with E-state index >= 15 is 0 Å². The van der Waals surface area contributed by atoms with Crippen LogP contribution in [-0.4, -0.2) is 120 Å². The molecule has 1 N–H and O–H groups in total. The number of aliphatic hydroxyl groups excluding tert-OH is 1. The summed E-state index contributed by atoms with van der Waals surface area (Å²) < 4.78 is 17.9. The number of ether oxygens (including phenoxy) is 3. The maximum absolute atomic E-state index is 14.2. The number of amides is 2. The number of rotatable bonds is 6. The van der Waals surface area contributed by atoms with Gasteiger partial charge < -0.3 is 29.1 Å². The number of likely N-dealkylation sites (tertiary alicyclic amines) is 1. The molecule has 6 atom stereocenters. The van der Waals surface area contributed by atoms with Crippen LogP contribution in [0.1, 0.15) is 33.1 Å². The molecule has 3 saturated heterocycles. The maximum atomic E-state index is 14.2. The SMILES string of the molecule is CC[C@@]12/C=C\CCCOC(=O)[C@@H]1[C@H]1C(=O)N([C@H](C)CO)C3C(=O)N(CCN4CCOCC4)CC=C[C@@]31O2. The molecule has 10 nitrogen and oxygen atoms in total. The fourth-order valence-corrected chi connectivity index (χ4v) is 6.71. The molecule has 0 aliphatic carbocycles. The third kappa shape index (κ3) is 4.31. The first-order valence-corrected chi connectivity index (χ1v) is 13.6. The molecule has 10 heteroatoms. The lowest BCUT2D eigenvalue weighted by Crippen LogP contribution is -2.59. The number of morpholine rings is 1. The van der Waals surface area contributed by atoms with Crippen LogP contribution in [0.25, 0.3) is 0 Å². The van der Waals surface area contributed by atoms with Crippen molar-refractivity contribution < 1.29 is 33.7 Å². The topological polar surface area (TPSA) is 109 Å². The van der Waals surface area contributed by atoms with E-state index in [9.17, 15) is 19.5 Å². The molecular formula is C27H39N3O7. The van der Waals surface area contributed by atoms with Gasteiger partial charge in [0.15, 0.2) is 0 Å². The summed E-state index contributed by atoms with van der Waals surface area (Å²) in [5.41, 5.74) is -2.38. The molecule has 1 unspecified atom stereocenters. The molecule has 5 heterocycles. The molecule has 5 aliphatic rings. The number of cyclic esters (lactones) is 1. The highest BCUT2D eigenvalue weighted by Crippen LogP contribution is 2.58. The van der Waals surface area contributed by atoms with Gasteiger partial charge in [-0.3, -0.25) is 19.3 Å². The Bertz CT molecular complexity index is 964. The van der Waals surface area contributed by atoms with Crippen molar-refractivity contribution in [2.75, 3.05) is 59.2 Å². The van der Waals surface area contributed by atoms with Gasteiger partial charge in [-0.25, -0.2) is 0 Å². The van der Waals surface area contributed by atoms with E-state index in [-0.39, 0.29) is 25.0 Å². The van der Waals surface area contributed by atoms with Gasteiger partial charge in [-0.1, -0.05) is 31.2 Å². The molecule has 5 rings (SSSR count). The first-order valence-electron chi connectivity index (χ1n) is 13.6. The number of allylic oxidation sites excluding steroid dienone is 1. The average Bonchev–Trinajstić information content (AvgIpc) is 3.30. The summed E-state index contributed by atoms with van der Waals surface area (Å²) in [6, 6.07) is -1.59. The molecule has 0 aromatic heterocycles. The summed E-state index contributed by atoms with van der Waals surface area (Å²) in [6.45, 7) is 8.21. The lowest BCUT2D eigenvalue weighted by molar-refractivity contribution is -0.162. The second-order valence-electron chi connectivity index (χ2n) is 10.8. The van der Waals surface area contributed by atoms with Gasteiger partial charge in [0.05, 0.1) is 38.4 Å². The molecule has 2 amide bonds. The highest BCUT2D eigenvalue weighted by atomic mass is 16.6. The van der Waals surface area contributed by atoms with Crippen molar-refractivity contribution in [2.45, 2.75) is 56.4 Å². The zero-order valence-corrected chi connectivity index (χ0v) is 21.8. The normalized spacial score (nSPS) is 38.1. The van der Waals surface area contributed by atoms with Gasteiger partial charge in [-0.15, -0.1) is 0 Å². The molecular weight excluding hydrogens is 478 g/mol. The Kier molecular flexibility index (Phi) is 7.46. The predicted molar refractivity (Wildman–Crippen MR) is 133 cm³/mol. The van der Waals surface area contributed by atoms with Crippen molar-refractivity contribution in [1.29, 1.82) is 0 Å². The number of esters is 1. The van der Waals surface area contributed by atoms with Crippen LogP contribution in [0.15, 0.2) is 24.3 Å². The van der Waals surface area contributed by atoms with E-state index in [1.54, 1.807) is 11.8 Å². The van der Waals surface area contributed by atoms with E-state index in [2.05, 4.69) is 4.90 Å². The second kappa shape index (κ2) is 10.5. The number of hydrogen-bond donors (Lipinski definition) is 1. The summed E-state index contributed by atoms with van der Waals surface area (Å²) in [6.07, 6.45) is 9.55. The number of nitrogens with zero attached hydrogens (tertiary/aromatic N) is 3. The molecule has 37 heavy (non-hydrogen) atoms. The van der Waals surface area contributed by atoms with Crippen LogP contribution in [0.2, 0.25) is 0 Å². The van der Waals surface area contributed by atoms with Crippen LogP contribution in [-0.2, 0) is 28.6 Å². The minimum atomic E-state index is -1.32. The zero-order valence-electron chi connectivity index (χ0n) is 21.8. The van der Waals surface area contributed by atoms with E-state index < -0.39 is 41.1 Å². The molecule has 0 radical (unpaired) electrons. The second-order valence-corrected chi connectivity index (χ2v) is 10.8. The number of aliphatic hydroxyl groups is 1. The Balaban J connectivity index is 1.54. The number of carbonyl (C=O) groups excluding carboxylic acids is 3. The highest BCUT2D eigenvalue weighted by molar-refractivity contribution is 5.99. The van der Waals surface area contributed by atoms with Crippen molar-refractivity contribution in [3.05, 3.63) is 24.3 Å². The molecule has 0 saturated carbocycles. The van der Waals surface area contributed by atoms with Crippen molar-refractivity contribution in [3.63, 3.8) is 0 Å². The summed E-state index contributed by atoms with van der Waals surface area (Å²) in [5.74, 6) is -2.82. The third-order valence-corrected chi connectivity index (χ3v) is 8.68. The van der Waals surface area contributed by atoms with Crippen LogP contribution in [0.3, 0.4) is 0 Å². The van der Waals surface area contributed by atoms with Crippen molar-refractivity contribution in [2.24, 2.45) is 11.8 Å². The van der Waals surface area contributed by atoms with E-state index in [1.165, 1.54) is 4.90 Å². The Morgan fingerprint density at radius 2 is 1.84 bits per heavy atom. The largest absolute Gasteiger partial charge is 0.465 e. The monoisotopic (exact) mass is 517 g/mol. The quantitative estimate of drug-likeness (QED) is 0.397. The Labute approximate surface area is 218 Å². The molecule has 0 aromatic carbocycles. The summed E-state index contributed by atoms with van der Waals surface area (Å²) >= 11 is 0. The van der Waals surface area contributed by atoms with E-state index in [4.69, 9.17) is 14.2 Å². The summed E-state index contributed by atoms with van der Waals surface area (Å²) in [4.78, 5) is 47.4. The lowest BCUT2D eigenvalue weighted by Gasteiger charge is -2.40.